The molecule has 4 aromatic rings. The molecular weight excluding hydrogens is 442 g/mol. The SMILES string of the molecule is CC(C)n1cc(C(N)=O)c2cnc(Cc3ccnc(-c4cnn(S(=O)(=O)C5CC5)c4)n3)cc21. The summed E-state index contributed by atoms with van der Waals surface area (Å²) in [6.07, 6.45) is 9.75. The molecule has 11 heteroatoms. The minimum absolute atomic E-state index is 0.143. The third-order valence-corrected chi connectivity index (χ3v) is 7.73. The highest BCUT2D eigenvalue weighted by molar-refractivity contribution is 7.90. The molecule has 5 rings (SSSR count). The van der Waals surface area contributed by atoms with Crippen molar-refractivity contribution in [1.29, 1.82) is 0 Å². The van der Waals surface area contributed by atoms with Crippen molar-refractivity contribution in [2.45, 2.75) is 44.4 Å². The number of primary amides is 1. The van der Waals surface area contributed by atoms with Crippen molar-refractivity contribution in [1.82, 2.24) is 28.7 Å². The highest BCUT2D eigenvalue weighted by atomic mass is 32.2. The number of nitrogens with two attached hydrogens (primary N) is 1. The van der Waals surface area contributed by atoms with Gasteiger partial charge in [0.2, 0.25) is 0 Å². The van der Waals surface area contributed by atoms with Crippen LogP contribution in [0.1, 0.15) is 54.5 Å². The van der Waals surface area contributed by atoms with Crippen LogP contribution in [0.15, 0.2) is 43.1 Å². The fourth-order valence-electron chi connectivity index (χ4n) is 3.80. The van der Waals surface area contributed by atoms with Crippen LogP contribution in [-0.4, -0.2) is 48.3 Å². The van der Waals surface area contributed by atoms with E-state index in [0.29, 0.717) is 41.6 Å². The average Bonchev–Trinajstić information content (AvgIpc) is 3.39. The lowest BCUT2D eigenvalue weighted by atomic mass is 10.1. The van der Waals surface area contributed by atoms with Crippen LogP contribution in [0.2, 0.25) is 0 Å². The van der Waals surface area contributed by atoms with E-state index in [2.05, 4.69) is 20.1 Å². The minimum atomic E-state index is -3.44. The van der Waals surface area contributed by atoms with Crippen LogP contribution in [0.5, 0.6) is 0 Å². The van der Waals surface area contributed by atoms with Gasteiger partial charge in [-0.15, -0.1) is 0 Å². The summed E-state index contributed by atoms with van der Waals surface area (Å²) in [7, 11) is -3.44. The Kier molecular flexibility index (Phi) is 5.00. The van der Waals surface area contributed by atoms with Gasteiger partial charge in [0.05, 0.1) is 40.0 Å². The van der Waals surface area contributed by atoms with Crippen LogP contribution >= 0.6 is 0 Å². The average molecular weight is 466 g/mol. The zero-order valence-corrected chi connectivity index (χ0v) is 19.0. The van der Waals surface area contributed by atoms with Crippen LogP contribution in [0, 0.1) is 0 Å². The molecule has 170 valence electrons. The fourth-order valence-corrected chi connectivity index (χ4v) is 5.28. The standard InChI is InChI=1S/C22H23N7O3S/c1-13(2)28-12-19(21(23)30)18-10-25-16(8-20(18)28)7-15-5-6-24-22(27-15)14-9-26-29(11-14)33(31,32)17-3-4-17/h5-6,8-13,17H,3-4,7H2,1-2H3,(H2,23,30). The summed E-state index contributed by atoms with van der Waals surface area (Å²) < 4.78 is 27.8. The third kappa shape index (κ3) is 3.88. The van der Waals surface area contributed by atoms with Crippen molar-refractivity contribution in [3.63, 3.8) is 0 Å². The first kappa shape index (κ1) is 21.3. The molecule has 0 bridgehead atoms. The molecule has 0 radical (unpaired) electrons. The molecule has 2 N–H and O–H groups in total. The van der Waals surface area contributed by atoms with Crippen LogP contribution < -0.4 is 5.73 Å². The Balaban J connectivity index is 1.45. The van der Waals surface area contributed by atoms with Crippen LogP contribution in [0.4, 0.5) is 0 Å². The van der Waals surface area contributed by atoms with E-state index in [-0.39, 0.29) is 11.3 Å². The molecule has 33 heavy (non-hydrogen) atoms. The molecule has 0 aliphatic heterocycles. The van der Waals surface area contributed by atoms with E-state index in [1.807, 2.05) is 24.5 Å². The van der Waals surface area contributed by atoms with Gasteiger partial charge in [0.15, 0.2) is 5.82 Å². The zero-order chi connectivity index (χ0) is 23.3. The van der Waals surface area contributed by atoms with Gasteiger partial charge in [-0.2, -0.15) is 9.19 Å². The van der Waals surface area contributed by atoms with Crippen molar-refractivity contribution in [3.8, 4) is 11.4 Å². The molecule has 4 aromatic heterocycles. The number of amides is 1. The summed E-state index contributed by atoms with van der Waals surface area (Å²) in [5.74, 6) is -0.0916. The quantitative estimate of drug-likeness (QED) is 0.442. The zero-order valence-electron chi connectivity index (χ0n) is 18.2. The molecule has 4 heterocycles. The molecule has 0 atom stereocenters. The van der Waals surface area contributed by atoms with Gasteiger partial charge in [0.25, 0.3) is 15.9 Å². The highest BCUT2D eigenvalue weighted by Gasteiger charge is 2.37. The molecule has 0 unspecified atom stereocenters. The van der Waals surface area contributed by atoms with E-state index in [9.17, 15) is 13.2 Å². The molecule has 1 aliphatic carbocycles. The van der Waals surface area contributed by atoms with E-state index in [0.717, 1.165) is 21.0 Å². The lowest BCUT2D eigenvalue weighted by Gasteiger charge is -2.10. The number of hydrogen-bond acceptors (Lipinski definition) is 7. The van der Waals surface area contributed by atoms with Crippen LogP contribution in [0.25, 0.3) is 22.3 Å². The molecule has 0 spiro atoms. The van der Waals surface area contributed by atoms with E-state index < -0.39 is 15.9 Å². The lowest BCUT2D eigenvalue weighted by molar-refractivity contribution is 0.100. The number of pyridine rings is 1. The third-order valence-electron chi connectivity index (χ3n) is 5.70. The van der Waals surface area contributed by atoms with Gasteiger partial charge in [-0.05, 0) is 38.8 Å². The van der Waals surface area contributed by atoms with E-state index in [1.165, 1.54) is 12.4 Å². The molecular formula is C22H23N7O3S. The number of carbonyl (C=O) groups excluding carboxylic acids is 1. The summed E-state index contributed by atoms with van der Waals surface area (Å²) in [6.45, 7) is 4.06. The molecule has 1 fully saturated rings. The Hall–Kier alpha value is -3.60. The van der Waals surface area contributed by atoms with Gasteiger partial charge in [-0.1, -0.05) is 0 Å². The number of aromatic nitrogens is 6. The van der Waals surface area contributed by atoms with Gasteiger partial charge < -0.3 is 10.3 Å². The first-order valence-corrected chi connectivity index (χ1v) is 12.1. The van der Waals surface area contributed by atoms with Crippen molar-refractivity contribution in [2.75, 3.05) is 0 Å². The molecule has 1 saturated carbocycles. The fraction of sp³-hybridized carbons (Fsp3) is 0.318. The van der Waals surface area contributed by atoms with Crippen molar-refractivity contribution >= 4 is 26.8 Å². The minimum Gasteiger partial charge on any atom is -0.366 e. The Morgan fingerprint density at radius 3 is 2.67 bits per heavy atom. The van der Waals surface area contributed by atoms with Crippen LogP contribution in [0.3, 0.4) is 0 Å². The maximum atomic E-state index is 12.4. The number of hydrogen-bond donors (Lipinski definition) is 1. The van der Waals surface area contributed by atoms with Gasteiger partial charge >= 0.3 is 0 Å². The smallest absolute Gasteiger partial charge is 0.256 e. The van der Waals surface area contributed by atoms with Crippen molar-refractivity contribution in [3.05, 3.63) is 60.1 Å². The first-order valence-electron chi connectivity index (χ1n) is 10.6. The normalized spacial score (nSPS) is 14.3. The Bertz CT molecular complexity index is 1480. The van der Waals surface area contributed by atoms with Gasteiger partial charge in [0.1, 0.15) is 0 Å². The van der Waals surface area contributed by atoms with Crippen LogP contribution in [-0.2, 0) is 16.4 Å². The predicted molar refractivity (Wildman–Crippen MR) is 122 cm³/mol. The molecule has 1 amide bonds. The number of carbonyl (C=O) groups is 1. The summed E-state index contributed by atoms with van der Waals surface area (Å²) >= 11 is 0. The second-order valence-electron chi connectivity index (χ2n) is 8.50. The molecule has 0 aromatic carbocycles. The van der Waals surface area contributed by atoms with Gasteiger partial charge in [-0.25, -0.2) is 18.4 Å². The Morgan fingerprint density at radius 1 is 1.18 bits per heavy atom. The number of rotatable bonds is 7. The van der Waals surface area contributed by atoms with E-state index >= 15 is 0 Å². The van der Waals surface area contributed by atoms with Crippen molar-refractivity contribution in [2.24, 2.45) is 5.73 Å². The Labute approximate surface area is 190 Å². The second-order valence-corrected chi connectivity index (χ2v) is 10.6. The maximum absolute atomic E-state index is 12.4. The monoisotopic (exact) mass is 465 g/mol. The summed E-state index contributed by atoms with van der Waals surface area (Å²) in [4.78, 5) is 25.2. The van der Waals surface area contributed by atoms with E-state index in [1.54, 1.807) is 24.7 Å². The molecule has 0 saturated heterocycles. The largest absolute Gasteiger partial charge is 0.366 e. The molecule has 10 nitrogen and oxygen atoms in total. The Morgan fingerprint density at radius 2 is 1.97 bits per heavy atom. The first-order chi connectivity index (χ1) is 15.7. The maximum Gasteiger partial charge on any atom is 0.256 e. The topological polar surface area (TPSA) is 139 Å². The summed E-state index contributed by atoms with van der Waals surface area (Å²) in [6, 6.07) is 3.87. The summed E-state index contributed by atoms with van der Waals surface area (Å²) in [5.41, 5.74) is 8.89. The molecule has 1 aliphatic rings. The number of fused-ring (bicyclic) bond motifs is 1. The predicted octanol–water partition coefficient (Wildman–Crippen LogP) is 2.30. The van der Waals surface area contributed by atoms with Gasteiger partial charge in [0, 0.05) is 42.1 Å². The highest BCUT2D eigenvalue weighted by Crippen LogP contribution is 2.30. The van der Waals surface area contributed by atoms with Crippen molar-refractivity contribution < 1.29 is 13.2 Å². The number of nitrogens with zero attached hydrogens (tertiary/aromatic N) is 6. The van der Waals surface area contributed by atoms with Gasteiger partial charge in [-0.3, -0.25) is 9.78 Å². The van der Waals surface area contributed by atoms with E-state index in [4.69, 9.17) is 5.73 Å². The second kappa shape index (κ2) is 7.77. The summed E-state index contributed by atoms with van der Waals surface area (Å²) in [5, 5.41) is 4.38. The lowest BCUT2D eigenvalue weighted by Crippen LogP contribution is -2.17.